The molecule has 4 rings (SSSR count). The molecule has 0 saturated heterocycles. The Morgan fingerprint density at radius 1 is 1.13 bits per heavy atom. The van der Waals surface area contributed by atoms with Gasteiger partial charge in [0, 0.05) is 13.0 Å². The summed E-state index contributed by atoms with van der Waals surface area (Å²) in [6.07, 6.45) is -2.64. The molecule has 2 heterocycles. The molecule has 1 aliphatic rings. The standard InChI is InChI=1S/C23H23F3N4O/c1-2-15-8-10-17(11-9-15)19-12-20(23(24,25)26)30-21(29-19)18(14-28-30)22(31)27-13-16-6-4-3-5-7-16/h3-11,14,19-20,29H,2,12-13H2,1H3,(H,27,31)/t19-,20+/m0/s1. The van der Waals surface area contributed by atoms with Crippen molar-refractivity contribution in [3.8, 4) is 0 Å². The maximum atomic E-state index is 13.8. The fourth-order valence-electron chi connectivity index (χ4n) is 3.81. The number of alkyl halides is 3. The van der Waals surface area contributed by atoms with Gasteiger partial charge in [-0.3, -0.25) is 4.79 Å². The van der Waals surface area contributed by atoms with Crippen LogP contribution in [0.2, 0.25) is 0 Å². The molecule has 0 bridgehead atoms. The monoisotopic (exact) mass is 428 g/mol. The Bertz CT molecular complexity index is 1040. The van der Waals surface area contributed by atoms with Crippen LogP contribution >= 0.6 is 0 Å². The number of aromatic nitrogens is 2. The zero-order chi connectivity index (χ0) is 22.0. The van der Waals surface area contributed by atoms with E-state index in [4.69, 9.17) is 0 Å². The van der Waals surface area contributed by atoms with Gasteiger partial charge < -0.3 is 10.6 Å². The van der Waals surface area contributed by atoms with E-state index < -0.39 is 24.2 Å². The first-order valence-electron chi connectivity index (χ1n) is 10.2. The fraction of sp³-hybridized carbons (Fsp3) is 0.304. The van der Waals surface area contributed by atoms with Crippen LogP contribution in [0.25, 0.3) is 0 Å². The second-order valence-corrected chi connectivity index (χ2v) is 7.60. The molecule has 1 amide bonds. The third-order valence-electron chi connectivity index (χ3n) is 5.57. The molecule has 1 aliphatic heterocycles. The van der Waals surface area contributed by atoms with Crippen molar-refractivity contribution in [3.05, 3.63) is 83.0 Å². The van der Waals surface area contributed by atoms with Gasteiger partial charge in [-0.2, -0.15) is 18.3 Å². The third kappa shape index (κ3) is 4.42. The highest BCUT2D eigenvalue weighted by Crippen LogP contribution is 2.44. The van der Waals surface area contributed by atoms with Gasteiger partial charge in [-0.25, -0.2) is 4.68 Å². The van der Waals surface area contributed by atoms with Crippen molar-refractivity contribution in [3.63, 3.8) is 0 Å². The number of carbonyl (C=O) groups excluding carboxylic acids is 1. The number of rotatable bonds is 5. The summed E-state index contributed by atoms with van der Waals surface area (Å²) < 4.78 is 42.3. The summed E-state index contributed by atoms with van der Waals surface area (Å²) in [5.74, 6) is -0.385. The molecule has 0 saturated carbocycles. The lowest BCUT2D eigenvalue weighted by atomic mass is 9.95. The molecule has 0 aliphatic carbocycles. The zero-order valence-corrected chi connectivity index (χ0v) is 17.0. The number of halogens is 3. The summed E-state index contributed by atoms with van der Waals surface area (Å²) in [7, 11) is 0. The third-order valence-corrected chi connectivity index (χ3v) is 5.57. The van der Waals surface area contributed by atoms with Gasteiger partial charge in [-0.15, -0.1) is 0 Å². The molecule has 5 nitrogen and oxygen atoms in total. The lowest BCUT2D eigenvalue weighted by molar-refractivity contribution is -0.173. The van der Waals surface area contributed by atoms with E-state index >= 15 is 0 Å². The first kappa shape index (κ1) is 21.0. The van der Waals surface area contributed by atoms with E-state index in [9.17, 15) is 18.0 Å². The molecule has 31 heavy (non-hydrogen) atoms. The smallest absolute Gasteiger partial charge is 0.363 e. The molecular weight excluding hydrogens is 405 g/mol. The fourth-order valence-corrected chi connectivity index (χ4v) is 3.81. The summed E-state index contributed by atoms with van der Waals surface area (Å²) in [5, 5.41) is 9.79. The minimum Gasteiger partial charge on any atom is -0.363 e. The Morgan fingerprint density at radius 3 is 2.48 bits per heavy atom. The summed E-state index contributed by atoms with van der Waals surface area (Å²) in [5.41, 5.74) is 2.85. The van der Waals surface area contributed by atoms with Gasteiger partial charge in [-0.1, -0.05) is 61.5 Å². The van der Waals surface area contributed by atoms with Crippen LogP contribution in [-0.2, 0) is 13.0 Å². The SMILES string of the molecule is CCc1ccc([C@@H]2C[C@H](C(F)(F)F)n3ncc(C(=O)NCc4ccccc4)c3N2)cc1. The summed E-state index contributed by atoms with van der Waals surface area (Å²) in [6.45, 7) is 2.29. The number of hydrogen-bond acceptors (Lipinski definition) is 3. The van der Waals surface area contributed by atoms with Gasteiger partial charge in [-0.05, 0) is 23.1 Å². The first-order valence-corrected chi connectivity index (χ1v) is 10.2. The van der Waals surface area contributed by atoms with E-state index in [-0.39, 0.29) is 24.3 Å². The molecule has 2 N–H and O–H groups in total. The number of aryl methyl sites for hydroxylation is 1. The lowest BCUT2D eigenvalue weighted by Crippen LogP contribution is -2.36. The molecule has 162 valence electrons. The van der Waals surface area contributed by atoms with Crippen LogP contribution < -0.4 is 10.6 Å². The maximum Gasteiger partial charge on any atom is 0.410 e. The van der Waals surface area contributed by atoms with E-state index in [0.29, 0.717) is 0 Å². The number of fused-ring (bicyclic) bond motifs is 1. The molecule has 8 heteroatoms. The van der Waals surface area contributed by atoms with Crippen molar-refractivity contribution >= 4 is 11.7 Å². The van der Waals surface area contributed by atoms with E-state index in [1.54, 1.807) is 0 Å². The van der Waals surface area contributed by atoms with Crippen molar-refractivity contribution < 1.29 is 18.0 Å². The Kier molecular flexibility index (Phi) is 5.71. The zero-order valence-electron chi connectivity index (χ0n) is 17.0. The Hall–Kier alpha value is -3.29. The van der Waals surface area contributed by atoms with Crippen LogP contribution in [-0.4, -0.2) is 21.9 Å². The molecule has 0 radical (unpaired) electrons. The minimum absolute atomic E-state index is 0.0868. The van der Waals surface area contributed by atoms with Gasteiger partial charge in [0.15, 0.2) is 6.04 Å². The van der Waals surface area contributed by atoms with Gasteiger partial charge in [0.05, 0.1) is 12.2 Å². The molecule has 2 aromatic carbocycles. The highest BCUT2D eigenvalue weighted by atomic mass is 19.4. The lowest BCUT2D eigenvalue weighted by Gasteiger charge is -2.34. The van der Waals surface area contributed by atoms with Crippen molar-refractivity contribution in [2.24, 2.45) is 0 Å². The van der Waals surface area contributed by atoms with Gasteiger partial charge in [0.2, 0.25) is 0 Å². The summed E-state index contributed by atoms with van der Waals surface area (Å²) in [6, 6.07) is 14.4. The van der Waals surface area contributed by atoms with Gasteiger partial charge in [0.1, 0.15) is 11.4 Å². The molecule has 2 atom stereocenters. The summed E-state index contributed by atoms with van der Waals surface area (Å²) >= 11 is 0. The second kappa shape index (κ2) is 8.45. The Balaban J connectivity index is 1.61. The minimum atomic E-state index is -4.48. The average Bonchev–Trinajstić information content (AvgIpc) is 3.21. The molecular formula is C23H23F3N4O. The average molecular weight is 428 g/mol. The van der Waals surface area contributed by atoms with Gasteiger partial charge >= 0.3 is 6.18 Å². The van der Waals surface area contributed by atoms with Crippen LogP contribution in [0.1, 0.15) is 52.5 Å². The highest BCUT2D eigenvalue weighted by molar-refractivity contribution is 5.98. The van der Waals surface area contributed by atoms with Crippen LogP contribution in [0.4, 0.5) is 19.0 Å². The number of carbonyl (C=O) groups is 1. The topological polar surface area (TPSA) is 59.0 Å². The second-order valence-electron chi connectivity index (χ2n) is 7.60. The number of nitrogens with one attached hydrogen (secondary N) is 2. The molecule has 0 unspecified atom stereocenters. The number of nitrogens with zero attached hydrogens (tertiary/aromatic N) is 2. The molecule has 1 aromatic heterocycles. The molecule has 0 fully saturated rings. The van der Waals surface area contributed by atoms with Crippen molar-refractivity contribution in [2.75, 3.05) is 5.32 Å². The van der Waals surface area contributed by atoms with Crippen LogP contribution in [0.3, 0.4) is 0 Å². The largest absolute Gasteiger partial charge is 0.410 e. The molecule has 0 spiro atoms. The highest BCUT2D eigenvalue weighted by Gasteiger charge is 2.47. The molecule has 3 aromatic rings. The first-order chi connectivity index (χ1) is 14.9. The van der Waals surface area contributed by atoms with Crippen LogP contribution in [0.15, 0.2) is 60.8 Å². The van der Waals surface area contributed by atoms with Crippen LogP contribution in [0.5, 0.6) is 0 Å². The normalized spacial score (nSPS) is 18.2. The predicted octanol–water partition coefficient (Wildman–Crippen LogP) is 5.04. The van der Waals surface area contributed by atoms with Gasteiger partial charge in [0.25, 0.3) is 5.91 Å². The van der Waals surface area contributed by atoms with Crippen molar-refractivity contribution in [2.45, 2.75) is 44.6 Å². The van der Waals surface area contributed by atoms with E-state index in [1.807, 2.05) is 61.5 Å². The van der Waals surface area contributed by atoms with Crippen LogP contribution in [0, 0.1) is 0 Å². The predicted molar refractivity (Wildman–Crippen MR) is 112 cm³/mol. The number of benzene rings is 2. The summed E-state index contributed by atoms with van der Waals surface area (Å²) in [4.78, 5) is 12.7. The van der Waals surface area contributed by atoms with Crippen molar-refractivity contribution in [1.82, 2.24) is 15.1 Å². The Labute approximate surface area is 178 Å². The maximum absolute atomic E-state index is 13.8. The quantitative estimate of drug-likeness (QED) is 0.599. The van der Waals surface area contributed by atoms with Crippen molar-refractivity contribution in [1.29, 1.82) is 0 Å². The van der Waals surface area contributed by atoms with E-state index in [1.165, 1.54) is 6.20 Å². The number of amides is 1. The Morgan fingerprint density at radius 2 is 1.84 bits per heavy atom. The van der Waals surface area contributed by atoms with E-state index in [0.717, 1.165) is 27.8 Å². The number of anilines is 1. The van der Waals surface area contributed by atoms with E-state index in [2.05, 4.69) is 15.7 Å². The number of hydrogen-bond donors (Lipinski definition) is 2.